The van der Waals surface area contributed by atoms with Crippen LogP contribution < -0.4 is 0 Å². The molecule has 0 aromatic rings. The maximum Gasteiger partial charge on any atom is 0.305 e. The Morgan fingerprint density at radius 2 is 0.893 bits per heavy atom. The minimum absolute atomic E-state index is 0.0150. The molecular formula is C20H40O8. The second kappa shape index (κ2) is 24.3. The standard InChI is InChI=1S/C20H40O8/c1-2-3-4-5-6-8-23-10-12-25-14-16-27-18-19-28-17-15-26-13-11-24-9-7-20(21)22/h2-19H2,1H3,(H,21,22). The molecule has 1 N–H and O–H groups in total. The molecule has 28 heavy (non-hydrogen) atoms. The summed E-state index contributed by atoms with van der Waals surface area (Å²) in [6, 6.07) is 0. The number of aliphatic carboxylic acids is 1. The average Bonchev–Trinajstić information content (AvgIpc) is 2.68. The molecule has 0 bridgehead atoms. The molecule has 0 aromatic heterocycles. The molecule has 0 spiro atoms. The molecule has 0 aliphatic heterocycles. The molecule has 8 heteroatoms. The molecule has 0 aromatic carbocycles. The number of carbonyl (C=O) groups is 1. The second-order valence-electron chi connectivity index (χ2n) is 6.23. The predicted octanol–water partition coefficient (Wildman–Crippen LogP) is 2.53. The van der Waals surface area contributed by atoms with Crippen molar-refractivity contribution in [1.82, 2.24) is 0 Å². The second-order valence-corrected chi connectivity index (χ2v) is 6.23. The van der Waals surface area contributed by atoms with Crippen molar-refractivity contribution >= 4 is 5.97 Å². The lowest BCUT2D eigenvalue weighted by Gasteiger charge is -2.08. The molecule has 0 radical (unpaired) electrons. The Labute approximate surface area is 169 Å². The largest absolute Gasteiger partial charge is 0.481 e. The monoisotopic (exact) mass is 408 g/mol. The molecule has 0 aliphatic carbocycles. The van der Waals surface area contributed by atoms with Crippen molar-refractivity contribution in [3.63, 3.8) is 0 Å². The minimum Gasteiger partial charge on any atom is -0.481 e. The number of rotatable bonds is 24. The van der Waals surface area contributed by atoms with E-state index in [1.165, 1.54) is 25.7 Å². The van der Waals surface area contributed by atoms with Crippen LogP contribution in [0, 0.1) is 0 Å². The number of ether oxygens (including phenoxy) is 6. The zero-order valence-corrected chi connectivity index (χ0v) is 17.5. The van der Waals surface area contributed by atoms with Crippen LogP contribution in [0.2, 0.25) is 0 Å². The number of unbranched alkanes of at least 4 members (excludes halogenated alkanes) is 4. The number of hydrogen-bond donors (Lipinski definition) is 1. The van der Waals surface area contributed by atoms with Crippen LogP contribution >= 0.6 is 0 Å². The summed E-state index contributed by atoms with van der Waals surface area (Å²) < 4.78 is 32.1. The zero-order valence-electron chi connectivity index (χ0n) is 17.5. The van der Waals surface area contributed by atoms with Crippen LogP contribution in [-0.2, 0) is 33.2 Å². The van der Waals surface area contributed by atoms with Crippen molar-refractivity contribution in [1.29, 1.82) is 0 Å². The van der Waals surface area contributed by atoms with E-state index in [0.29, 0.717) is 66.1 Å². The Balaban J connectivity index is 2.99. The van der Waals surface area contributed by atoms with Gasteiger partial charge in [-0.05, 0) is 6.42 Å². The molecular weight excluding hydrogens is 368 g/mol. The van der Waals surface area contributed by atoms with Gasteiger partial charge < -0.3 is 33.5 Å². The summed E-state index contributed by atoms with van der Waals surface area (Å²) in [4.78, 5) is 10.3. The van der Waals surface area contributed by atoms with Gasteiger partial charge in [0.05, 0.1) is 79.1 Å². The first-order valence-corrected chi connectivity index (χ1v) is 10.5. The molecule has 0 aliphatic rings. The van der Waals surface area contributed by atoms with Crippen LogP contribution in [-0.4, -0.2) is 90.4 Å². The fraction of sp³-hybridized carbons (Fsp3) is 0.950. The lowest BCUT2D eigenvalue weighted by atomic mass is 10.2. The third-order valence-corrected chi connectivity index (χ3v) is 3.71. The van der Waals surface area contributed by atoms with E-state index in [2.05, 4.69) is 6.92 Å². The van der Waals surface area contributed by atoms with Gasteiger partial charge in [-0.25, -0.2) is 0 Å². The van der Waals surface area contributed by atoms with Gasteiger partial charge >= 0.3 is 5.97 Å². The quantitative estimate of drug-likeness (QED) is 0.244. The molecule has 0 heterocycles. The van der Waals surface area contributed by atoms with Crippen LogP contribution in [0.25, 0.3) is 0 Å². The van der Waals surface area contributed by atoms with E-state index in [0.717, 1.165) is 13.0 Å². The van der Waals surface area contributed by atoms with Crippen molar-refractivity contribution in [3.8, 4) is 0 Å². The van der Waals surface area contributed by atoms with E-state index in [4.69, 9.17) is 33.5 Å². The summed E-state index contributed by atoms with van der Waals surface area (Å²) in [6.45, 7) is 8.42. The van der Waals surface area contributed by atoms with E-state index in [1.807, 2.05) is 0 Å². The van der Waals surface area contributed by atoms with E-state index in [9.17, 15) is 4.79 Å². The van der Waals surface area contributed by atoms with E-state index in [1.54, 1.807) is 0 Å². The first kappa shape index (κ1) is 27.2. The van der Waals surface area contributed by atoms with Gasteiger partial charge in [0.15, 0.2) is 0 Å². The van der Waals surface area contributed by atoms with Gasteiger partial charge in [-0.15, -0.1) is 0 Å². The third-order valence-electron chi connectivity index (χ3n) is 3.71. The van der Waals surface area contributed by atoms with E-state index in [-0.39, 0.29) is 13.0 Å². The molecule has 0 saturated carbocycles. The summed E-state index contributed by atoms with van der Waals surface area (Å²) in [5.74, 6) is -0.861. The fourth-order valence-corrected chi connectivity index (χ4v) is 2.17. The number of hydrogen-bond acceptors (Lipinski definition) is 7. The molecule has 0 saturated heterocycles. The molecule has 0 unspecified atom stereocenters. The van der Waals surface area contributed by atoms with E-state index < -0.39 is 5.97 Å². The Morgan fingerprint density at radius 3 is 1.29 bits per heavy atom. The average molecular weight is 409 g/mol. The topological polar surface area (TPSA) is 92.7 Å². The van der Waals surface area contributed by atoms with Crippen molar-refractivity contribution in [2.45, 2.75) is 45.4 Å². The number of carboxylic acids is 1. The summed E-state index contributed by atoms with van der Waals surface area (Å²) >= 11 is 0. The van der Waals surface area contributed by atoms with Crippen LogP contribution in [0.3, 0.4) is 0 Å². The Morgan fingerprint density at radius 1 is 0.536 bits per heavy atom. The predicted molar refractivity (Wildman–Crippen MR) is 106 cm³/mol. The molecule has 0 atom stereocenters. The van der Waals surface area contributed by atoms with Crippen LogP contribution in [0.5, 0.6) is 0 Å². The highest BCUT2D eigenvalue weighted by Crippen LogP contribution is 2.02. The molecule has 0 rings (SSSR count). The summed E-state index contributed by atoms with van der Waals surface area (Å²) in [5.41, 5.74) is 0. The Bertz CT molecular complexity index is 315. The van der Waals surface area contributed by atoms with Gasteiger partial charge in [-0.1, -0.05) is 32.6 Å². The third kappa shape index (κ3) is 25.2. The first-order chi connectivity index (χ1) is 13.8. The lowest BCUT2D eigenvalue weighted by Crippen LogP contribution is -2.14. The van der Waals surface area contributed by atoms with Gasteiger partial charge in [0, 0.05) is 6.61 Å². The highest BCUT2D eigenvalue weighted by atomic mass is 16.6. The summed E-state index contributed by atoms with van der Waals surface area (Å²) in [7, 11) is 0. The van der Waals surface area contributed by atoms with E-state index >= 15 is 0 Å². The van der Waals surface area contributed by atoms with Crippen molar-refractivity contribution < 1.29 is 38.3 Å². The molecule has 0 fully saturated rings. The van der Waals surface area contributed by atoms with Crippen LogP contribution in [0.15, 0.2) is 0 Å². The van der Waals surface area contributed by atoms with Gasteiger partial charge in [0.25, 0.3) is 0 Å². The first-order valence-electron chi connectivity index (χ1n) is 10.5. The van der Waals surface area contributed by atoms with Crippen molar-refractivity contribution in [2.75, 3.05) is 79.3 Å². The van der Waals surface area contributed by atoms with Crippen molar-refractivity contribution in [3.05, 3.63) is 0 Å². The fourth-order valence-electron chi connectivity index (χ4n) is 2.17. The SMILES string of the molecule is CCCCCCCOCCOCCOCCOCCOCCOCCC(=O)O. The van der Waals surface area contributed by atoms with Gasteiger partial charge in [0.2, 0.25) is 0 Å². The van der Waals surface area contributed by atoms with Crippen molar-refractivity contribution in [2.24, 2.45) is 0 Å². The summed E-state index contributed by atoms with van der Waals surface area (Å²) in [6.07, 6.45) is 6.28. The van der Waals surface area contributed by atoms with Gasteiger partial charge in [-0.3, -0.25) is 4.79 Å². The lowest BCUT2D eigenvalue weighted by molar-refractivity contribution is -0.138. The summed E-state index contributed by atoms with van der Waals surface area (Å²) in [5, 5.41) is 8.44. The van der Waals surface area contributed by atoms with Crippen LogP contribution in [0.4, 0.5) is 0 Å². The highest BCUT2D eigenvalue weighted by Gasteiger charge is 1.97. The highest BCUT2D eigenvalue weighted by molar-refractivity contribution is 5.66. The molecule has 0 amide bonds. The zero-order chi connectivity index (χ0) is 20.5. The van der Waals surface area contributed by atoms with Crippen LogP contribution in [0.1, 0.15) is 45.4 Å². The maximum absolute atomic E-state index is 10.3. The minimum atomic E-state index is -0.861. The normalized spacial score (nSPS) is 11.2. The number of carboxylic acid groups (broad SMARTS) is 1. The van der Waals surface area contributed by atoms with Gasteiger partial charge in [0.1, 0.15) is 0 Å². The van der Waals surface area contributed by atoms with Gasteiger partial charge in [-0.2, -0.15) is 0 Å². The maximum atomic E-state index is 10.3. The molecule has 8 nitrogen and oxygen atoms in total. The Hall–Kier alpha value is -0.770. The smallest absolute Gasteiger partial charge is 0.305 e. The Kier molecular flexibility index (Phi) is 23.6. The molecule has 168 valence electrons.